The molecule has 0 spiro atoms. The van der Waals surface area contributed by atoms with Crippen molar-refractivity contribution >= 4 is 33.2 Å². The third-order valence-corrected chi connectivity index (χ3v) is 7.86. The highest BCUT2D eigenvalue weighted by molar-refractivity contribution is 7.92. The van der Waals surface area contributed by atoms with E-state index in [0.717, 1.165) is 16.4 Å². The maximum absolute atomic E-state index is 13.8. The number of hydrogen-bond donors (Lipinski definition) is 1. The minimum atomic E-state index is -4.30. The summed E-state index contributed by atoms with van der Waals surface area (Å²) in [6.07, 6.45) is 0. The van der Waals surface area contributed by atoms with Crippen molar-refractivity contribution in [2.75, 3.05) is 17.4 Å². The first-order valence-electron chi connectivity index (χ1n) is 12.5. The van der Waals surface area contributed by atoms with Crippen LogP contribution in [0.5, 0.6) is 0 Å². The summed E-state index contributed by atoms with van der Waals surface area (Å²) >= 11 is 0. The molecule has 12 heteroatoms. The number of benzene rings is 3. The topological polar surface area (TPSA) is 130 Å². The first-order valence-corrected chi connectivity index (χ1v) is 14.0. The molecule has 0 saturated carbocycles. The molecule has 3 aromatic rings. The summed E-state index contributed by atoms with van der Waals surface area (Å²) in [5.74, 6) is -1.44. The van der Waals surface area contributed by atoms with Crippen LogP contribution in [0.1, 0.15) is 26.3 Å². The zero-order chi connectivity index (χ0) is 29.4. The van der Waals surface area contributed by atoms with E-state index < -0.39 is 45.2 Å². The third kappa shape index (κ3) is 7.63. The van der Waals surface area contributed by atoms with Gasteiger partial charge in [0.2, 0.25) is 11.8 Å². The molecule has 0 radical (unpaired) electrons. The van der Waals surface area contributed by atoms with Gasteiger partial charge in [-0.05, 0) is 54.8 Å². The fourth-order valence-corrected chi connectivity index (χ4v) is 5.25. The van der Waals surface area contributed by atoms with Crippen LogP contribution in [-0.4, -0.2) is 49.2 Å². The summed E-state index contributed by atoms with van der Waals surface area (Å²) in [6, 6.07) is 16.6. The fraction of sp³-hybridized carbons (Fsp3) is 0.286. The Balaban J connectivity index is 2.01. The standard InChI is InChI=1S/C28H31FN4O6S/c1-20(2)17-30-28(35)21(3)31(18-22-9-11-23(29)12-10-22)27(34)19-32(24-13-15-25(16-14-24)33(36)37)40(38,39)26-7-5-4-6-8-26/h4-16,20-21H,17-19H2,1-3H3,(H,30,35)/t21-/m1/s1. The first-order chi connectivity index (χ1) is 18.9. The van der Waals surface area contributed by atoms with Crippen molar-refractivity contribution in [3.63, 3.8) is 0 Å². The molecule has 10 nitrogen and oxygen atoms in total. The van der Waals surface area contributed by atoms with Gasteiger partial charge in [0, 0.05) is 25.2 Å². The maximum atomic E-state index is 13.8. The number of halogens is 1. The highest BCUT2D eigenvalue weighted by Gasteiger charge is 2.32. The molecule has 0 unspecified atom stereocenters. The highest BCUT2D eigenvalue weighted by atomic mass is 32.2. The maximum Gasteiger partial charge on any atom is 0.269 e. The van der Waals surface area contributed by atoms with Crippen LogP contribution in [0.15, 0.2) is 83.8 Å². The monoisotopic (exact) mass is 570 g/mol. The summed E-state index contributed by atoms with van der Waals surface area (Å²) in [6.45, 7) is 4.96. The predicted octanol–water partition coefficient (Wildman–Crippen LogP) is 4.12. The summed E-state index contributed by atoms with van der Waals surface area (Å²) < 4.78 is 41.7. The number of nitro benzene ring substituents is 1. The minimum absolute atomic E-state index is 0.0291. The first kappa shape index (κ1) is 30.2. The van der Waals surface area contributed by atoms with Gasteiger partial charge >= 0.3 is 0 Å². The number of nitrogens with one attached hydrogen (secondary N) is 1. The van der Waals surface area contributed by atoms with E-state index in [2.05, 4.69) is 5.32 Å². The average Bonchev–Trinajstić information content (AvgIpc) is 2.94. The molecule has 0 bridgehead atoms. The molecule has 0 fully saturated rings. The number of sulfonamides is 1. The molecule has 1 atom stereocenters. The second-order valence-corrected chi connectivity index (χ2v) is 11.4. The summed E-state index contributed by atoms with van der Waals surface area (Å²) in [4.78, 5) is 38.4. The Hall–Kier alpha value is -4.32. The number of carbonyl (C=O) groups excluding carboxylic acids is 2. The lowest BCUT2D eigenvalue weighted by atomic mass is 10.1. The molecule has 0 aromatic heterocycles. The zero-order valence-electron chi connectivity index (χ0n) is 22.4. The van der Waals surface area contributed by atoms with Gasteiger partial charge in [0.25, 0.3) is 15.7 Å². The Morgan fingerprint density at radius 1 is 0.950 bits per heavy atom. The lowest BCUT2D eigenvalue weighted by Gasteiger charge is -2.32. The normalized spacial score (nSPS) is 12.0. The number of amides is 2. The lowest BCUT2D eigenvalue weighted by Crippen LogP contribution is -2.51. The zero-order valence-corrected chi connectivity index (χ0v) is 23.2. The molecule has 3 rings (SSSR count). The van der Waals surface area contributed by atoms with Gasteiger partial charge in [-0.2, -0.15) is 0 Å². The van der Waals surface area contributed by atoms with Gasteiger partial charge in [-0.1, -0.05) is 44.2 Å². The van der Waals surface area contributed by atoms with Crippen LogP contribution in [0, 0.1) is 21.8 Å². The van der Waals surface area contributed by atoms with E-state index in [1.54, 1.807) is 6.07 Å². The van der Waals surface area contributed by atoms with Crippen LogP contribution >= 0.6 is 0 Å². The summed E-state index contributed by atoms with van der Waals surface area (Å²) in [7, 11) is -4.30. The van der Waals surface area contributed by atoms with E-state index in [1.165, 1.54) is 72.5 Å². The van der Waals surface area contributed by atoms with Gasteiger partial charge in [-0.3, -0.25) is 24.0 Å². The third-order valence-electron chi connectivity index (χ3n) is 6.08. The summed E-state index contributed by atoms with van der Waals surface area (Å²) in [5, 5.41) is 13.9. The molecule has 3 aromatic carbocycles. The molecule has 1 N–H and O–H groups in total. The summed E-state index contributed by atoms with van der Waals surface area (Å²) in [5.41, 5.74) is 0.313. The van der Waals surface area contributed by atoms with Gasteiger partial charge in [-0.15, -0.1) is 0 Å². The van der Waals surface area contributed by atoms with E-state index in [-0.39, 0.29) is 28.7 Å². The molecule has 0 heterocycles. The number of nitrogens with zero attached hydrogens (tertiary/aromatic N) is 3. The number of nitro groups is 1. The smallest absolute Gasteiger partial charge is 0.269 e. The van der Waals surface area contributed by atoms with E-state index in [1.807, 2.05) is 13.8 Å². The number of rotatable bonds is 12. The second kappa shape index (κ2) is 13.2. The van der Waals surface area contributed by atoms with Crippen molar-refractivity contribution in [2.45, 2.75) is 38.3 Å². The van der Waals surface area contributed by atoms with E-state index in [4.69, 9.17) is 0 Å². The van der Waals surface area contributed by atoms with E-state index in [0.29, 0.717) is 12.1 Å². The van der Waals surface area contributed by atoms with Crippen LogP contribution < -0.4 is 9.62 Å². The Kier molecular flexibility index (Phi) is 9.94. The lowest BCUT2D eigenvalue weighted by molar-refractivity contribution is -0.384. The number of anilines is 1. The molecule has 0 aliphatic heterocycles. The van der Waals surface area contributed by atoms with Crippen molar-refractivity contribution in [2.24, 2.45) is 5.92 Å². The SMILES string of the molecule is CC(C)CNC(=O)[C@@H](C)N(Cc1ccc(F)cc1)C(=O)CN(c1ccc([N+](=O)[O-])cc1)S(=O)(=O)c1ccccc1. The molecule has 212 valence electrons. The quantitative estimate of drug-likeness (QED) is 0.258. The minimum Gasteiger partial charge on any atom is -0.354 e. The van der Waals surface area contributed by atoms with Gasteiger partial charge in [-0.25, -0.2) is 12.8 Å². The molecule has 0 aliphatic rings. The molecule has 0 aliphatic carbocycles. The van der Waals surface area contributed by atoms with Gasteiger partial charge in [0.1, 0.15) is 18.4 Å². The largest absolute Gasteiger partial charge is 0.354 e. The van der Waals surface area contributed by atoms with E-state index in [9.17, 15) is 32.5 Å². The van der Waals surface area contributed by atoms with Crippen molar-refractivity contribution in [1.82, 2.24) is 10.2 Å². The van der Waals surface area contributed by atoms with Gasteiger partial charge < -0.3 is 10.2 Å². The second-order valence-electron chi connectivity index (χ2n) is 9.56. The number of carbonyl (C=O) groups is 2. The fourth-order valence-electron chi connectivity index (χ4n) is 3.81. The van der Waals surface area contributed by atoms with Crippen LogP contribution in [0.3, 0.4) is 0 Å². The average molecular weight is 571 g/mol. The molecule has 40 heavy (non-hydrogen) atoms. The van der Waals surface area contributed by atoms with Crippen molar-refractivity contribution in [3.05, 3.63) is 100 Å². The number of non-ortho nitro benzene ring substituents is 1. The van der Waals surface area contributed by atoms with Crippen molar-refractivity contribution in [3.8, 4) is 0 Å². The molecule has 0 saturated heterocycles. The Labute approximate surface area is 232 Å². The van der Waals surface area contributed by atoms with Crippen LogP contribution in [0.25, 0.3) is 0 Å². The highest BCUT2D eigenvalue weighted by Crippen LogP contribution is 2.26. The van der Waals surface area contributed by atoms with Crippen LogP contribution in [-0.2, 0) is 26.2 Å². The molecular weight excluding hydrogens is 539 g/mol. The predicted molar refractivity (Wildman–Crippen MR) is 148 cm³/mol. The van der Waals surface area contributed by atoms with E-state index >= 15 is 0 Å². The molecule has 2 amide bonds. The van der Waals surface area contributed by atoms with Crippen LogP contribution in [0.2, 0.25) is 0 Å². The number of hydrogen-bond acceptors (Lipinski definition) is 6. The Morgan fingerprint density at radius 3 is 2.10 bits per heavy atom. The Bertz CT molecular complexity index is 1430. The molecular formula is C28H31FN4O6S. The van der Waals surface area contributed by atoms with Gasteiger partial charge in [0.05, 0.1) is 15.5 Å². The van der Waals surface area contributed by atoms with Crippen molar-refractivity contribution < 1.29 is 27.3 Å². The van der Waals surface area contributed by atoms with Gasteiger partial charge in [0.15, 0.2) is 0 Å². The van der Waals surface area contributed by atoms with Crippen LogP contribution in [0.4, 0.5) is 15.8 Å². The van der Waals surface area contributed by atoms with Crippen molar-refractivity contribution in [1.29, 1.82) is 0 Å². The Morgan fingerprint density at radius 2 is 1.55 bits per heavy atom.